The molecule has 1 aliphatic heterocycles. The highest BCUT2D eigenvalue weighted by atomic mass is 19.1. The van der Waals surface area contributed by atoms with Crippen molar-refractivity contribution in [2.75, 3.05) is 13.2 Å². The molecule has 1 saturated carbocycles. The van der Waals surface area contributed by atoms with Crippen LogP contribution < -0.4 is 4.74 Å². The van der Waals surface area contributed by atoms with Gasteiger partial charge in [-0.2, -0.15) is 0 Å². The van der Waals surface area contributed by atoms with Crippen molar-refractivity contribution in [2.45, 2.75) is 38.5 Å². The highest BCUT2D eigenvalue weighted by Gasteiger charge is 2.46. The summed E-state index contributed by atoms with van der Waals surface area (Å²) in [6, 6.07) is 3.06. The minimum absolute atomic E-state index is 0.0221. The normalized spacial score (nSPS) is 29.2. The lowest BCUT2D eigenvalue weighted by Crippen LogP contribution is -2.26. The number of benzene rings is 1. The molecular formula is C17H20F2O4. The number of halogens is 2. The van der Waals surface area contributed by atoms with Crippen LogP contribution in [0.3, 0.4) is 0 Å². The summed E-state index contributed by atoms with van der Waals surface area (Å²) in [5.41, 5.74) is 0.495. The first-order chi connectivity index (χ1) is 11.1. The third-order valence-corrected chi connectivity index (χ3v) is 4.85. The van der Waals surface area contributed by atoms with Gasteiger partial charge in [0.05, 0.1) is 12.2 Å². The van der Waals surface area contributed by atoms with Gasteiger partial charge in [0, 0.05) is 24.9 Å². The Morgan fingerprint density at radius 3 is 2.96 bits per heavy atom. The highest BCUT2D eigenvalue weighted by Crippen LogP contribution is 2.43. The molecule has 0 radical (unpaired) electrons. The van der Waals surface area contributed by atoms with Gasteiger partial charge in [-0.3, -0.25) is 0 Å². The molecule has 2 aliphatic rings. The number of ether oxygens (including phenoxy) is 2. The van der Waals surface area contributed by atoms with Crippen LogP contribution >= 0.6 is 0 Å². The molecule has 4 atom stereocenters. The summed E-state index contributed by atoms with van der Waals surface area (Å²) in [5.74, 6) is -2.08. The van der Waals surface area contributed by atoms with Crippen molar-refractivity contribution in [1.82, 2.24) is 0 Å². The van der Waals surface area contributed by atoms with Crippen LogP contribution in [0, 0.1) is 17.7 Å². The van der Waals surface area contributed by atoms with E-state index in [0.717, 1.165) is 0 Å². The van der Waals surface area contributed by atoms with Crippen LogP contribution in [0.25, 0.3) is 0 Å². The molecule has 1 N–H and O–H groups in total. The van der Waals surface area contributed by atoms with Crippen LogP contribution in [-0.2, 0) is 11.2 Å². The molecule has 23 heavy (non-hydrogen) atoms. The fourth-order valence-corrected chi connectivity index (χ4v) is 3.66. The maximum Gasteiger partial charge on any atom is 0.341 e. The number of hydrogen-bond acceptors (Lipinski definition) is 4. The lowest BCUT2D eigenvalue weighted by atomic mass is 9.89. The van der Waals surface area contributed by atoms with E-state index in [-0.39, 0.29) is 36.9 Å². The number of aliphatic hydroxyl groups excluding tert-OH is 1. The number of hydrogen-bond donors (Lipinski definition) is 1. The maximum atomic E-state index is 14.7. The zero-order valence-electron chi connectivity index (χ0n) is 12.9. The van der Waals surface area contributed by atoms with Crippen LogP contribution in [0.5, 0.6) is 5.75 Å². The molecule has 0 amide bonds. The average Bonchev–Trinajstić information content (AvgIpc) is 2.70. The van der Waals surface area contributed by atoms with E-state index >= 15 is 0 Å². The van der Waals surface area contributed by atoms with Crippen molar-refractivity contribution in [1.29, 1.82) is 0 Å². The maximum absolute atomic E-state index is 14.7. The summed E-state index contributed by atoms with van der Waals surface area (Å²) in [6.07, 6.45) is -0.331. The molecule has 1 aliphatic carbocycles. The summed E-state index contributed by atoms with van der Waals surface area (Å²) in [5, 5.41) is 9.38. The Hall–Kier alpha value is -1.69. The van der Waals surface area contributed by atoms with Crippen molar-refractivity contribution in [3.8, 4) is 5.75 Å². The van der Waals surface area contributed by atoms with Crippen LogP contribution in [0.4, 0.5) is 8.78 Å². The summed E-state index contributed by atoms with van der Waals surface area (Å²) in [7, 11) is 0. The molecule has 4 nitrogen and oxygen atoms in total. The Bertz CT molecular complexity index is 605. The number of carbonyl (C=O) groups excluding carboxylic acids is 1. The Kier molecular flexibility index (Phi) is 4.53. The molecule has 0 unspecified atom stereocenters. The van der Waals surface area contributed by atoms with Gasteiger partial charge in [0.1, 0.15) is 12.3 Å². The van der Waals surface area contributed by atoms with Gasteiger partial charge in [0.25, 0.3) is 0 Å². The lowest BCUT2D eigenvalue weighted by Gasteiger charge is -2.21. The third kappa shape index (κ3) is 2.80. The first-order valence-electron chi connectivity index (χ1n) is 7.96. The van der Waals surface area contributed by atoms with E-state index in [4.69, 9.17) is 9.47 Å². The van der Waals surface area contributed by atoms with Gasteiger partial charge in [-0.05, 0) is 31.4 Å². The van der Waals surface area contributed by atoms with Gasteiger partial charge in [-0.15, -0.1) is 0 Å². The second kappa shape index (κ2) is 6.43. The molecule has 6 heteroatoms. The van der Waals surface area contributed by atoms with E-state index in [9.17, 15) is 18.7 Å². The Morgan fingerprint density at radius 1 is 1.48 bits per heavy atom. The van der Waals surface area contributed by atoms with Crippen molar-refractivity contribution in [3.05, 3.63) is 29.1 Å². The van der Waals surface area contributed by atoms with Crippen LogP contribution in [-0.4, -0.2) is 36.6 Å². The highest BCUT2D eigenvalue weighted by molar-refractivity contribution is 5.90. The van der Waals surface area contributed by atoms with Gasteiger partial charge in [-0.1, -0.05) is 6.07 Å². The van der Waals surface area contributed by atoms with Gasteiger partial charge in [0.15, 0.2) is 11.6 Å². The topological polar surface area (TPSA) is 55.8 Å². The van der Waals surface area contributed by atoms with E-state index in [0.29, 0.717) is 18.4 Å². The number of fused-ring (bicyclic) bond motifs is 2. The molecule has 1 fully saturated rings. The van der Waals surface area contributed by atoms with Gasteiger partial charge in [0.2, 0.25) is 0 Å². The predicted molar refractivity (Wildman–Crippen MR) is 78.7 cm³/mol. The fourth-order valence-electron chi connectivity index (χ4n) is 3.66. The molecule has 0 spiro atoms. The second-order valence-corrected chi connectivity index (χ2v) is 6.09. The summed E-state index contributed by atoms with van der Waals surface area (Å²) < 4.78 is 39.3. The summed E-state index contributed by atoms with van der Waals surface area (Å²) in [6.45, 7) is 1.57. The molecule has 1 aromatic rings. The quantitative estimate of drug-likeness (QED) is 0.868. The van der Waals surface area contributed by atoms with E-state index < -0.39 is 30.0 Å². The number of rotatable bonds is 3. The Labute approximate surface area is 133 Å². The van der Waals surface area contributed by atoms with Crippen LogP contribution in [0.2, 0.25) is 0 Å². The zero-order valence-corrected chi connectivity index (χ0v) is 12.9. The van der Waals surface area contributed by atoms with Crippen LogP contribution in [0.15, 0.2) is 12.1 Å². The minimum atomic E-state index is -1.15. The van der Waals surface area contributed by atoms with Gasteiger partial charge in [-0.25, -0.2) is 13.6 Å². The molecule has 126 valence electrons. The zero-order chi connectivity index (χ0) is 16.6. The van der Waals surface area contributed by atoms with E-state index in [1.807, 2.05) is 0 Å². The molecular weight excluding hydrogens is 306 g/mol. The number of carbonyl (C=O) groups is 1. The van der Waals surface area contributed by atoms with E-state index in [1.54, 1.807) is 13.0 Å². The number of alkyl halides is 1. The summed E-state index contributed by atoms with van der Waals surface area (Å²) >= 11 is 0. The van der Waals surface area contributed by atoms with Gasteiger partial charge >= 0.3 is 5.97 Å². The third-order valence-electron chi connectivity index (χ3n) is 4.85. The van der Waals surface area contributed by atoms with Crippen molar-refractivity contribution >= 4 is 5.97 Å². The monoisotopic (exact) mass is 326 g/mol. The number of aryl methyl sites for hydroxylation is 1. The first-order valence-corrected chi connectivity index (χ1v) is 7.96. The molecule has 1 heterocycles. The smallest absolute Gasteiger partial charge is 0.341 e. The molecule has 3 rings (SSSR count). The van der Waals surface area contributed by atoms with Crippen molar-refractivity contribution in [3.63, 3.8) is 0 Å². The molecule has 0 aromatic heterocycles. The molecule has 0 bridgehead atoms. The Balaban J connectivity index is 1.92. The standard InChI is InChI=1S/C17H20F2O4/c1-2-22-17(21)11-6-4-9-3-5-10-12(8-20)13(18)7-14(10)23-16(9)15(11)19/h4,6,10,12-14,20H,2-3,5,7-8H2,1H3/t10-,12-,13-,14+/m1/s1. The largest absolute Gasteiger partial charge is 0.487 e. The average molecular weight is 326 g/mol. The number of aliphatic hydroxyl groups is 1. The minimum Gasteiger partial charge on any atom is -0.487 e. The SMILES string of the molecule is CCOC(=O)c1ccc2c(c1F)O[C@H]1C[C@@H](F)[C@H](CO)[C@H]1CC2. The predicted octanol–water partition coefficient (Wildman–Crippen LogP) is 2.66. The molecule has 0 saturated heterocycles. The van der Waals surface area contributed by atoms with E-state index in [1.165, 1.54) is 6.07 Å². The van der Waals surface area contributed by atoms with Gasteiger partial charge < -0.3 is 14.6 Å². The number of esters is 1. The van der Waals surface area contributed by atoms with Crippen molar-refractivity contribution in [2.24, 2.45) is 11.8 Å². The lowest BCUT2D eigenvalue weighted by molar-refractivity contribution is 0.0518. The van der Waals surface area contributed by atoms with Crippen LogP contribution in [0.1, 0.15) is 35.7 Å². The fraction of sp³-hybridized carbons (Fsp3) is 0.588. The summed E-state index contributed by atoms with van der Waals surface area (Å²) in [4.78, 5) is 11.8. The Morgan fingerprint density at radius 2 is 2.26 bits per heavy atom. The first kappa shape index (κ1) is 16.2. The molecule has 1 aromatic carbocycles. The second-order valence-electron chi connectivity index (χ2n) is 6.09. The van der Waals surface area contributed by atoms with Crippen molar-refractivity contribution < 1.29 is 28.2 Å². The van der Waals surface area contributed by atoms with E-state index in [2.05, 4.69) is 0 Å².